The van der Waals surface area contributed by atoms with Gasteiger partial charge in [-0.25, -0.2) is 8.78 Å². The van der Waals surface area contributed by atoms with Gasteiger partial charge in [-0.1, -0.05) is 5.11 Å². The van der Waals surface area contributed by atoms with Crippen molar-refractivity contribution in [1.29, 1.82) is 5.26 Å². The van der Waals surface area contributed by atoms with Gasteiger partial charge in [-0.05, 0) is 17.7 Å². The van der Waals surface area contributed by atoms with E-state index in [2.05, 4.69) is 10.0 Å². The third-order valence-electron chi connectivity index (χ3n) is 1.29. The lowest BCUT2D eigenvalue weighted by Crippen LogP contribution is -1.85. The zero-order chi connectivity index (χ0) is 9.84. The number of hydrogen-bond acceptors (Lipinski definition) is 2. The summed E-state index contributed by atoms with van der Waals surface area (Å²) in [6.45, 7) is 0. The third-order valence-corrected chi connectivity index (χ3v) is 1.29. The monoisotopic (exact) mass is 180 g/mol. The van der Waals surface area contributed by atoms with Crippen LogP contribution in [0.1, 0.15) is 5.56 Å². The van der Waals surface area contributed by atoms with Crippen molar-refractivity contribution in [2.45, 2.75) is 0 Å². The van der Waals surface area contributed by atoms with Gasteiger partial charge in [0.25, 0.3) is 0 Å². The SMILES string of the molecule is N#Cc1cc(F)c(N=[N+]=[N-])c(F)c1. The molecular formula is C7H2F2N4. The van der Waals surface area contributed by atoms with Gasteiger partial charge in [-0.15, -0.1) is 0 Å². The normalized spacial score (nSPS) is 8.69. The fraction of sp³-hybridized carbons (Fsp3) is 0. The van der Waals surface area contributed by atoms with Gasteiger partial charge in [0.2, 0.25) is 0 Å². The maximum atomic E-state index is 12.8. The van der Waals surface area contributed by atoms with Gasteiger partial charge in [0.15, 0.2) is 0 Å². The third kappa shape index (κ3) is 1.72. The summed E-state index contributed by atoms with van der Waals surface area (Å²) in [7, 11) is 0. The molecule has 0 aliphatic rings. The van der Waals surface area contributed by atoms with Crippen molar-refractivity contribution in [3.8, 4) is 6.07 Å². The zero-order valence-electron chi connectivity index (χ0n) is 6.20. The smallest absolute Gasteiger partial charge is 0.137 e. The Bertz CT molecular complexity index is 406. The predicted molar refractivity (Wildman–Crippen MR) is 39.9 cm³/mol. The second-order valence-corrected chi connectivity index (χ2v) is 2.09. The molecule has 0 radical (unpaired) electrons. The van der Waals surface area contributed by atoms with Crippen LogP contribution in [0, 0.1) is 23.0 Å². The number of hydrogen-bond donors (Lipinski definition) is 0. The van der Waals surface area contributed by atoms with Crippen LogP contribution in [-0.4, -0.2) is 0 Å². The van der Waals surface area contributed by atoms with E-state index < -0.39 is 17.3 Å². The minimum Gasteiger partial charge on any atom is -0.206 e. The van der Waals surface area contributed by atoms with Crippen LogP contribution in [0.15, 0.2) is 17.2 Å². The molecule has 0 fully saturated rings. The maximum absolute atomic E-state index is 12.8. The first kappa shape index (κ1) is 8.97. The molecule has 0 amide bonds. The van der Waals surface area contributed by atoms with Crippen molar-refractivity contribution in [2.24, 2.45) is 5.11 Å². The van der Waals surface area contributed by atoms with E-state index in [9.17, 15) is 8.78 Å². The molecule has 64 valence electrons. The Labute approximate surface area is 71.7 Å². The Morgan fingerprint density at radius 3 is 2.31 bits per heavy atom. The van der Waals surface area contributed by atoms with E-state index >= 15 is 0 Å². The summed E-state index contributed by atoms with van der Waals surface area (Å²) in [5.41, 5.74) is 7.07. The van der Waals surface area contributed by atoms with Gasteiger partial charge in [-0.2, -0.15) is 5.26 Å². The number of azide groups is 1. The summed E-state index contributed by atoms with van der Waals surface area (Å²) >= 11 is 0. The average molecular weight is 180 g/mol. The molecule has 1 rings (SSSR count). The number of benzene rings is 1. The molecule has 0 unspecified atom stereocenters. The fourth-order valence-electron chi connectivity index (χ4n) is 0.770. The van der Waals surface area contributed by atoms with Gasteiger partial charge in [0.05, 0.1) is 11.6 Å². The highest BCUT2D eigenvalue weighted by atomic mass is 19.1. The van der Waals surface area contributed by atoms with Crippen molar-refractivity contribution in [3.63, 3.8) is 0 Å². The van der Waals surface area contributed by atoms with Gasteiger partial charge < -0.3 is 0 Å². The second kappa shape index (κ2) is 3.52. The van der Waals surface area contributed by atoms with Crippen molar-refractivity contribution in [3.05, 3.63) is 39.8 Å². The molecule has 6 heteroatoms. The Kier molecular flexibility index (Phi) is 2.43. The fourth-order valence-corrected chi connectivity index (χ4v) is 0.770. The van der Waals surface area contributed by atoms with Crippen LogP contribution in [0.5, 0.6) is 0 Å². The van der Waals surface area contributed by atoms with Crippen LogP contribution >= 0.6 is 0 Å². The molecule has 0 saturated heterocycles. The van der Waals surface area contributed by atoms with E-state index in [4.69, 9.17) is 10.8 Å². The van der Waals surface area contributed by atoms with E-state index in [1.807, 2.05) is 0 Å². The average Bonchev–Trinajstić information content (AvgIpc) is 2.11. The van der Waals surface area contributed by atoms with Crippen molar-refractivity contribution in [1.82, 2.24) is 0 Å². The molecule has 0 aliphatic carbocycles. The highest BCUT2D eigenvalue weighted by Crippen LogP contribution is 2.23. The van der Waals surface area contributed by atoms with Crippen molar-refractivity contribution in [2.75, 3.05) is 0 Å². The van der Waals surface area contributed by atoms with Gasteiger partial charge in [0, 0.05) is 4.91 Å². The Morgan fingerprint density at radius 2 is 1.92 bits per heavy atom. The molecule has 0 aromatic heterocycles. The van der Waals surface area contributed by atoms with E-state index in [1.165, 1.54) is 0 Å². The molecule has 0 aliphatic heterocycles. The van der Waals surface area contributed by atoms with E-state index in [-0.39, 0.29) is 5.56 Å². The van der Waals surface area contributed by atoms with E-state index in [1.54, 1.807) is 6.07 Å². The summed E-state index contributed by atoms with van der Waals surface area (Å²) in [5.74, 6) is -2.09. The van der Waals surface area contributed by atoms with Gasteiger partial charge in [0.1, 0.15) is 17.3 Å². The lowest BCUT2D eigenvalue weighted by molar-refractivity contribution is 0.586. The number of halogens is 2. The van der Waals surface area contributed by atoms with E-state index in [0.29, 0.717) is 0 Å². The second-order valence-electron chi connectivity index (χ2n) is 2.09. The molecule has 1 aromatic rings. The lowest BCUT2D eigenvalue weighted by Gasteiger charge is -1.97. The quantitative estimate of drug-likeness (QED) is 0.372. The molecule has 0 saturated carbocycles. The molecule has 0 heterocycles. The first-order valence-corrected chi connectivity index (χ1v) is 3.13. The zero-order valence-corrected chi connectivity index (χ0v) is 6.20. The Hall–Kier alpha value is -2.12. The molecule has 0 bridgehead atoms. The Balaban J connectivity index is 3.41. The van der Waals surface area contributed by atoms with Gasteiger partial charge in [-0.3, -0.25) is 0 Å². The lowest BCUT2D eigenvalue weighted by atomic mass is 10.2. The Morgan fingerprint density at radius 1 is 1.38 bits per heavy atom. The molecule has 0 N–H and O–H groups in total. The van der Waals surface area contributed by atoms with E-state index in [0.717, 1.165) is 12.1 Å². The molecule has 0 atom stereocenters. The summed E-state index contributed by atoms with van der Waals surface area (Å²) in [6, 6.07) is 3.16. The van der Waals surface area contributed by atoms with Crippen LogP contribution in [0.25, 0.3) is 10.4 Å². The van der Waals surface area contributed by atoms with Crippen molar-refractivity contribution >= 4 is 5.69 Å². The van der Waals surface area contributed by atoms with Gasteiger partial charge >= 0.3 is 0 Å². The standard InChI is InChI=1S/C7H2F2N4/c8-5-1-4(3-10)2-6(9)7(5)12-13-11/h1-2H. The summed E-state index contributed by atoms with van der Waals surface area (Å²) in [4.78, 5) is 2.25. The highest BCUT2D eigenvalue weighted by molar-refractivity contribution is 5.45. The molecule has 1 aromatic carbocycles. The number of nitrogens with zero attached hydrogens (tertiary/aromatic N) is 4. The number of rotatable bonds is 1. The molecule has 13 heavy (non-hydrogen) atoms. The molecular weight excluding hydrogens is 178 g/mol. The van der Waals surface area contributed by atoms with Crippen LogP contribution in [0.2, 0.25) is 0 Å². The predicted octanol–water partition coefficient (Wildman–Crippen LogP) is 2.78. The highest BCUT2D eigenvalue weighted by Gasteiger charge is 2.08. The maximum Gasteiger partial charge on any atom is 0.137 e. The topological polar surface area (TPSA) is 72.5 Å². The first-order valence-electron chi connectivity index (χ1n) is 3.13. The minimum absolute atomic E-state index is 0.160. The van der Waals surface area contributed by atoms with Crippen molar-refractivity contribution < 1.29 is 8.78 Å². The molecule has 0 spiro atoms. The number of nitriles is 1. The minimum atomic E-state index is -1.05. The van der Waals surface area contributed by atoms with Crippen LogP contribution in [-0.2, 0) is 0 Å². The van der Waals surface area contributed by atoms with Crippen LogP contribution in [0.4, 0.5) is 14.5 Å². The summed E-state index contributed by atoms with van der Waals surface area (Å²) in [6.07, 6.45) is 0. The van der Waals surface area contributed by atoms with Crippen LogP contribution in [0.3, 0.4) is 0 Å². The first-order chi connectivity index (χ1) is 6.19. The summed E-state index contributed by atoms with van der Waals surface area (Å²) < 4.78 is 25.7. The summed E-state index contributed by atoms with van der Waals surface area (Å²) in [5, 5.41) is 11.1. The van der Waals surface area contributed by atoms with Crippen LogP contribution < -0.4 is 0 Å². The molecule has 4 nitrogen and oxygen atoms in total. The largest absolute Gasteiger partial charge is 0.206 e.